The minimum atomic E-state index is -0.896. The number of hydrogen-bond donors (Lipinski definition) is 2. The molecular weight excluding hydrogens is 262 g/mol. The Morgan fingerprint density at radius 3 is 2.80 bits per heavy atom. The van der Waals surface area contributed by atoms with Gasteiger partial charge < -0.3 is 10.6 Å². The fraction of sp³-hybridized carbons (Fsp3) is 0.533. The van der Waals surface area contributed by atoms with Crippen LogP contribution in [0.5, 0.6) is 0 Å². The van der Waals surface area contributed by atoms with Gasteiger partial charge in [-0.25, -0.2) is 8.78 Å². The Morgan fingerprint density at radius 1 is 1.40 bits per heavy atom. The molecular formula is C15H20F2N2O. The van der Waals surface area contributed by atoms with Gasteiger partial charge in [-0.05, 0) is 49.9 Å². The predicted molar refractivity (Wildman–Crippen MR) is 73.1 cm³/mol. The van der Waals surface area contributed by atoms with Crippen molar-refractivity contribution >= 4 is 5.91 Å². The summed E-state index contributed by atoms with van der Waals surface area (Å²) in [6.07, 6.45) is 2.09. The first-order valence-corrected chi connectivity index (χ1v) is 6.97. The fourth-order valence-corrected chi connectivity index (χ4v) is 2.57. The molecule has 3 atom stereocenters. The first-order chi connectivity index (χ1) is 9.49. The highest BCUT2D eigenvalue weighted by molar-refractivity contribution is 5.82. The molecule has 1 aromatic rings. The van der Waals surface area contributed by atoms with Crippen LogP contribution in [-0.2, 0) is 4.79 Å². The van der Waals surface area contributed by atoms with E-state index in [1.165, 1.54) is 6.07 Å². The van der Waals surface area contributed by atoms with Crippen molar-refractivity contribution in [2.45, 2.75) is 38.8 Å². The molecule has 1 saturated heterocycles. The lowest BCUT2D eigenvalue weighted by Crippen LogP contribution is -2.51. The lowest BCUT2D eigenvalue weighted by molar-refractivity contribution is -0.125. The number of amides is 1. The van der Waals surface area contributed by atoms with E-state index in [4.69, 9.17) is 0 Å². The smallest absolute Gasteiger partial charge is 0.237 e. The molecule has 0 aliphatic carbocycles. The summed E-state index contributed by atoms with van der Waals surface area (Å²) in [5.74, 6) is -1.59. The van der Waals surface area contributed by atoms with Crippen molar-refractivity contribution in [3.8, 4) is 0 Å². The van der Waals surface area contributed by atoms with E-state index in [2.05, 4.69) is 10.6 Å². The third-order valence-electron chi connectivity index (χ3n) is 3.85. The standard InChI is InChI=1S/C15H20F2N2O/c1-9-4-3-7-18-14(9)15(20)19-10(2)11-5-6-12(16)13(17)8-11/h5-6,8-10,14,18H,3-4,7H2,1-2H3,(H,19,20). The lowest BCUT2D eigenvalue weighted by Gasteiger charge is -2.30. The predicted octanol–water partition coefficient (Wildman–Crippen LogP) is 2.53. The van der Waals surface area contributed by atoms with Crippen LogP contribution < -0.4 is 10.6 Å². The summed E-state index contributed by atoms with van der Waals surface area (Å²) < 4.78 is 26.1. The molecule has 5 heteroatoms. The summed E-state index contributed by atoms with van der Waals surface area (Å²) >= 11 is 0. The number of nitrogens with one attached hydrogen (secondary N) is 2. The minimum absolute atomic E-state index is 0.0885. The van der Waals surface area contributed by atoms with Crippen LogP contribution >= 0.6 is 0 Å². The van der Waals surface area contributed by atoms with Gasteiger partial charge in [-0.15, -0.1) is 0 Å². The van der Waals surface area contributed by atoms with E-state index in [-0.39, 0.29) is 23.9 Å². The molecule has 1 aliphatic heterocycles. The average Bonchev–Trinajstić information content (AvgIpc) is 2.42. The third kappa shape index (κ3) is 3.33. The Bertz CT molecular complexity index is 493. The fourth-order valence-electron chi connectivity index (χ4n) is 2.57. The molecule has 2 N–H and O–H groups in total. The van der Waals surface area contributed by atoms with E-state index in [0.29, 0.717) is 5.56 Å². The van der Waals surface area contributed by atoms with Crippen LogP contribution in [0.15, 0.2) is 18.2 Å². The number of carbonyl (C=O) groups is 1. The molecule has 0 spiro atoms. The van der Waals surface area contributed by atoms with Crippen molar-refractivity contribution in [2.24, 2.45) is 5.92 Å². The van der Waals surface area contributed by atoms with Crippen LogP contribution in [0.3, 0.4) is 0 Å². The number of hydrogen-bond acceptors (Lipinski definition) is 2. The average molecular weight is 282 g/mol. The summed E-state index contributed by atoms with van der Waals surface area (Å²) in [7, 11) is 0. The summed E-state index contributed by atoms with van der Waals surface area (Å²) in [5, 5.41) is 6.05. The Kier molecular flexibility index (Phi) is 4.70. The van der Waals surface area contributed by atoms with Gasteiger partial charge in [-0.3, -0.25) is 4.79 Å². The lowest BCUT2D eigenvalue weighted by atomic mass is 9.92. The monoisotopic (exact) mass is 282 g/mol. The highest BCUT2D eigenvalue weighted by atomic mass is 19.2. The Balaban J connectivity index is 2.01. The molecule has 0 bridgehead atoms. The van der Waals surface area contributed by atoms with Crippen LogP contribution in [0.4, 0.5) is 8.78 Å². The topological polar surface area (TPSA) is 41.1 Å². The molecule has 110 valence electrons. The van der Waals surface area contributed by atoms with Crippen molar-refractivity contribution in [3.05, 3.63) is 35.4 Å². The summed E-state index contributed by atoms with van der Waals surface area (Å²) in [6.45, 7) is 4.64. The zero-order chi connectivity index (χ0) is 14.7. The number of halogens is 2. The molecule has 1 amide bonds. The minimum Gasteiger partial charge on any atom is -0.348 e. The Labute approximate surface area is 117 Å². The molecule has 1 fully saturated rings. The molecule has 0 radical (unpaired) electrons. The number of benzene rings is 1. The van der Waals surface area contributed by atoms with Crippen LogP contribution in [-0.4, -0.2) is 18.5 Å². The van der Waals surface area contributed by atoms with E-state index < -0.39 is 11.6 Å². The first kappa shape index (κ1) is 14.9. The van der Waals surface area contributed by atoms with E-state index in [9.17, 15) is 13.6 Å². The summed E-state index contributed by atoms with van der Waals surface area (Å²) in [5.41, 5.74) is 0.556. The third-order valence-corrected chi connectivity index (χ3v) is 3.85. The van der Waals surface area contributed by atoms with Crippen molar-refractivity contribution in [3.63, 3.8) is 0 Å². The van der Waals surface area contributed by atoms with Gasteiger partial charge in [0, 0.05) is 0 Å². The first-order valence-electron chi connectivity index (χ1n) is 6.97. The van der Waals surface area contributed by atoms with Gasteiger partial charge in [0.05, 0.1) is 12.1 Å². The van der Waals surface area contributed by atoms with Crippen molar-refractivity contribution in [2.75, 3.05) is 6.54 Å². The van der Waals surface area contributed by atoms with Gasteiger partial charge in [0.25, 0.3) is 0 Å². The van der Waals surface area contributed by atoms with Crippen LogP contribution in [0.1, 0.15) is 38.3 Å². The number of piperidine rings is 1. The molecule has 1 aromatic carbocycles. The van der Waals surface area contributed by atoms with Crippen molar-refractivity contribution in [1.82, 2.24) is 10.6 Å². The zero-order valence-electron chi connectivity index (χ0n) is 11.7. The Hall–Kier alpha value is -1.49. The van der Waals surface area contributed by atoms with Crippen molar-refractivity contribution < 1.29 is 13.6 Å². The maximum absolute atomic E-state index is 13.2. The normalized spacial score (nSPS) is 24.2. The van der Waals surface area contributed by atoms with Gasteiger partial charge in [0.1, 0.15) is 0 Å². The van der Waals surface area contributed by atoms with Gasteiger partial charge in [0.15, 0.2) is 11.6 Å². The maximum atomic E-state index is 13.2. The van der Waals surface area contributed by atoms with Crippen LogP contribution in [0.25, 0.3) is 0 Å². The molecule has 2 rings (SSSR count). The zero-order valence-corrected chi connectivity index (χ0v) is 11.7. The van der Waals surface area contributed by atoms with E-state index in [1.54, 1.807) is 6.92 Å². The van der Waals surface area contributed by atoms with Gasteiger partial charge in [0.2, 0.25) is 5.91 Å². The van der Waals surface area contributed by atoms with Gasteiger partial charge in [-0.2, -0.15) is 0 Å². The quantitative estimate of drug-likeness (QED) is 0.894. The van der Waals surface area contributed by atoms with E-state index >= 15 is 0 Å². The molecule has 0 aromatic heterocycles. The van der Waals surface area contributed by atoms with E-state index in [0.717, 1.165) is 31.5 Å². The molecule has 1 aliphatic rings. The maximum Gasteiger partial charge on any atom is 0.237 e. The van der Waals surface area contributed by atoms with Gasteiger partial charge in [-0.1, -0.05) is 13.0 Å². The molecule has 3 nitrogen and oxygen atoms in total. The van der Waals surface area contributed by atoms with Crippen LogP contribution in [0, 0.1) is 17.6 Å². The highest BCUT2D eigenvalue weighted by Gasteiger charge is 2.28. The second-order valence-corrected chi connectivity index (χ2v) is 5.46. The van der Waals surface area contributed by atoms with E-state index in [1.807, 2.05) is 6.92 Å². The molecule has 20 heavy (non-hydrogen) atoms. The highest BCUT2D eigenvalue weighted by Crippen LogP contribution is 2.19. The largest absolute Gasteiger partial charge is 0.348 e. The molecule has 0 saturated carbocycles. The van der Waals surface area contributed by atoms with Crippen molar-refractivity contribution in [1.29, 1.82) is 0 Å². The number of carbonyl (C=O) groups excluding carboxylic acids is 1. The Morgan fingerprint density at radius 2 is 2.15 bits per heavy atom. The second-order valence-electron chi connectivity index (χ2n) is 5.46. The van der Waals surface area contributed by atoms with Gasteiger partial charge >= 0.3 is 0 Å². The second kappa shape index (κ2) is 6.31. The SMILES string of the molecule is CC(NC(=O)C1NCCCC1C)c1ccc(F)c(F)c1. The molecule has 3 unspecified atom stereocenters. The van der Waals surface area contributed by atoms with Crippen LogP contribution in [0.2, 0.25) is 0 Å². The summed E-state index contributed by atoms with van der Waals surface area (Å²) in [6, 6.07) is 3.12. The number of rotatable bonds is 3. The molecule has 1 heterocycles. The summed E-state index contributed by atoms with van der Waals surface area (Å²) in [4.78, 5) is 12.2.